The molecule has 2 fully saturated rings. The molecule has 1 aromatic carbocycles. The number of aromatic nitrogens is 4. The molecule has 126 valence electrons. The maximum Gasteiger partial charge on any atom is 0.258 e. The number of nitrogens with zero attached hydrogens (tertiary/aromatic N) is 5. The van der Waals surface area contributed by atoms with Crippen molar-refractivity contribution in [3.8, 4) is 11.4 Å². The van der Waals surface area contributed by atoms with Crippen molar-refractivity contribution in [1.82, 2.24) is 25.1 Å². The summed E-state index contributed by atoms with van der Waals surface area (Å²) in [7, 11) is 0. The normalized spacial score (nSPS) is 23.8. The van der Waals surface area contributed by atoms with E-state index in [1.807, 2.05) is 4.90 Å². The number of fused-ring (bicyclic) bond motifs is 1. The number of hydrogen-bond donors (Lipinski definition) is 1. The molecule has 2 aliphatic rings. The lowest BCUT2D eigenvalue weighted by atomic mass is 9.89. The number of carbonyl (C=O) groups excluding carboxylic acids is 1. The summed E-state index contributed by atoms with van der Waals surface area (Å²) in [6.07, 6.45) is 5.75. The summed E-state index contributed by atoms with van der Waals surface area (Å²) in [5.74, 6) is -0.196. The van der Waals surface area contributed by atoms with Crippen molar-refractivity contribution in [1.29, 1.82) is 0 Å². The number of benzene rings is 1. The molecule has 1 aliphatic heterocycles. The van der Waals surface area contributed by atoms with Crippen LogP contribution >= 0.6 is 0 Å². The SMILES string of the molecule is O=C(c1cc(-n2cnnn2)ccc1O)N1CCO[C@@H]2CCCC[C@H]21. The van der Waals surface area contributed by atoms with Crippen LogP contribution in [0.1, 0.15) is 36.0 Å². The molecule has 1 saturated heterocycles. The zero-order chi connectivity index (χ0) is 16.5. The fourth-order valence-corrected chi connectivity index (χ4v) is 3.62. The molecular weight excluding hydrogens is 310 g/mol. The minimum absolute atomic E-state index is 0.0318. The Balaban J connectivity index is 1.65. The summed E-state index contributed by atoms with van der Waals surface area (Å²) < 4.78 is 7.28. The van der Waals surface area contributed by atoms with E-state index in [1.54, 1.807) is 12.1 Å². The Morgan fingerprint density at radius 1 is 1.29 bits per heavy atom. The Hall–Kier alpha value is -2.48. The van der Waals surface area contributed by atoms with Crippen LogP contribution in [0.2, 0.25) is 0 Å². The van der Waals surface area contributed by atoms with Gasteiger partial charge in [0.1, 0.15) is 12.1 Å². The molecule has 8 heteroatoms. The summed E-state index contributed by atoms with van der Waals surface area (Å²) in [4.78, 5) is 14.9. The van der Waals surface area contributed by atoms with Gasteiger partial charge in [0.2, 0.25) is 0 Å². The molecule has 2 aromatic rings. The highest BCUT2D eigenvalue weighted by Crippen LogP contribution is 2.31. The molecule has 0 bridgehead atoms. The van der Waals surface area contributed by atoms with Crippen molar-refractivity contribution < 1.29 is 14.6 Å². The number of tetrazole rings is 1. The largest absolute Gasteiger partial charge is 0.507 e. The van der Waals surface area contributed by atoms with Gasteiger partial charge < -0.3 is 14.7 Å². The van der Waals surface area contributed by atoms with Crippen LogP contribution in [0, 0.1) is 0 Å². The molecule has 2 heterocycles. The topological polar surface area (TPSA) is 93.4 Å². The van der Waals surface area contributed by atoms with E-state index in [2.05, 4.69) is 15.5 Å². The Kier molecular flexibility index (Phi) is 3.89. The fraction of sp³-hybridized carbons (Fsp3) is 0.500. The minimum atomic E-state index is -0.164. The maximum absolute atomic E-state index is 13.0. The summed E-state index contributed by atoms with van der Waals surface area (Å²) >= 11 is 0. The van der Waals surface area contributed by atoms with E-state index in [0.717, 1.165) is 25.7 Å². The lowest BCUT2D eigenvalue weighted by Gasteiger charge is -2.43. The highest BCUT2D eigenvalue weighted by Gasteiger charge is 2.37. The van der Waals surface area contributed by atoms with Crippen LogP contribution in [0.3, 0.4) is 0 Å². The number of aromatic hydroxyl groups is 1. The van der Waals surface area contributed by atoms with Gasteiger partial charge in [0.05, 0.1) is 30.0 Å². The van der Waals surface area contributed by atoms with Crippen LogP contribution in [0.4, 0.5) is 0 Å². The molecule has 1 N–H and O–H groups in total. The van der Waals surface area contributed by atoms with Crippen molar-refractivity contribution in [3.63, 3.8) is 0 Å². The van der Waals surface area contributed by atoms with Crippen LogP contribution in [0.15, 0.2) is 24.5 Å². The van der Waals surface area contributed by atoms with Crippen molar-refractivity contribution in [2.24, 2.45) is 0 Å². The fourth-order valence-electron chi connectivity index (χ4n) is 3.62. The summed E-state index contributed by atoms with van der Waals surface area (Å²) in [5.41, 5.74) is 0.906. The predicted molar refractivity (Wildman–Crippen MR) is 83.9 cm³/mol. The van der Waals surface area contributed by atoms with E-state index in [0.29, 0.717) is 18.8 Å². The molecule has 1 aromatic heterocycles. The lowest BCUT2D eigenvalue weighted by Crippen LogP contribution is -2.54. The third-order valence-corrected chi connectivity index (χ3v) is 4.82. The van der Waals surface area contributed by atoms with Gasteiger partial charge in [0.15, 0.2) is 0 Å². The Morgan fingerprint density at radius 3 is 3.00 bits per heavy atom. The van der Waals surface area contributed by atoms with Gasteiger partial charge in [-0.15, -0.1) is 5.10 Å². The number of phenolic OH excluding ortho intramolecular Hbond substituents is 1. The van der Waals surface area contributed by atoms with E-state index in [-0.39, 0.29) is 29.4 Å². The zero-order valence-electron chi connectivity index (χ0n) is 13.2. The average Bonchev–Trinajstić information content (AvgIpc) is 3.16. The molecule has 1 amide bonds. The highest BCUT2D eigenvalue weighted by molar-refractivity contribution is 5.97. The molecule has 2 atom stereocenters. The quantitative estimate of drug-likeness (QED) is 0.888. The first-order valence-corrected chi connectivity index (χ1v) is 8.23. The van der Waals surface area contributed by atoms with Crippen molar-refractivity contribution >= 4 is 5.91 Å². The first-order chi connectivity index (χ1) is 11.7. The van der Waals surface area contributed by atoms with Gasteiger partial charge in [-0.3, -0.25) is 4.79 Å². The molecule has 1 aliphatic carbocycles. The monoisotopic (exact) mass is 329 g/mol. The molecule has 4 rings (SSSR count). The molecular formula is C16H19N5O3. The van der Waals surface area contributed by atoms with Crippen LogP contribution in [-0.2, 0) is 4.74 Å². The Morgan fingerprint density at radius 2 is 2.17 bits per heavy atom. The second kappa shape index (κ2) is 6.20. The third kappa shape index (κ3) is 2.62. The van der Waals surface area contributed by atoms with Crippen LogP contribution in [-0.4, -0.2) is 61.4 Å². The summed E-state index contributed by atoms with van der Waals surface area (Å²) in [6.45, 7) is 1.09. The number of carbonyl (C=O) groups is 1. The summed E-state index contributed by atoms with van der Waals surface area (Å²) in [6, 6.07) is 4.89. The first kappa shape index (κ1) is 15.1. The third-order valence-electron chi connectivity index (χ3n) is 4.82. The number of phenols is 1. The number of amides is 1. The van der Waals surface area contributed by atoms with E-state index in [1.165, 1.54) is 17.1 Å². The zero-order valence-corrected chi connectivity index (χ0v) is 13.2. The van der Waals surface area contributed by atoms with Crippen molar-refractivity contribution in [3.05, 3.63) is 30.1 Å². The van der Waals surface area contributed by atoms with E-state index < -0.39 is 0 Å². The second-order valence-electron chi connectivity index (χ2n) is 6.22. The standard InChI is InChI=1S/C16H19N5O3/c22-14-6-5-11(21-10-17-18-19-21)9-12(14)16(23)20-7-8-24-15-4-2-1-3-13(15)20/h5-6,9-10,13,15,22H,1-4,7-8H2/t13-,15-/m1/s1. The smallest absolute Gasteiger partial charge is 0.258 e. The van der Waals surface area contributed by atoms with Crippen molar-refractivity contribution in [2.75, 3.05) is 13.2 Å². The lowest BCUT2D eigenvalue weighted by molar-refractivity contribution is -0.0753. The van der Waals surface area contributed by atoms with Crippen LogP contribution in [0.5, 0.6) is 5.75 Å². The minimum Gasteiger partial charge on any atom is -0.507 e. The first-order valence-electron chi connectivity index (χ1n) is 8.23. The number of morpholine rings is 1. The molecule has 8 nitrogen and oxygen atoms in total. The van der Waals surface area contributed by atoms with Gasteiger partial charge in [0.25, 0.3) is 5.91 Å². The maximum atomic E-state index is 13.0. The van der Waals surface area contributed by atoms with Gasteiger partial charge in [0, 0.05) is 6.54 Å². The predicted octanol–water partition coefficient (Wildman–Crippen LogP) is 1.15. The molecule has 0 spiro atoms. The van der Waals surface area contributed by atoms with Crippen LogP contribution in [0.25, 0.3) is 5.69 Å². The highest BCUT2D eigenvalue weighted by atomic mass is 16.5. The Bertz CT molecular complexity index is 731. The van der Waals surface area contributed by atoms with Gasteiger partial charge in [-0.25, -0.2) is 4.68 Å². The van der Waals surface area contributed by atoms with E-state index >= 15 is 0 Å². The summed E-state index contributed by atoms with van der Waals surface area (Å²) in [5, 5.41) is 21.2. The molecule has 0 unspecified atom stereocenters. The van der Waals surface area contributed by atoms with Gasteiger partial charge in [-0.1, -0.05) is 12.8 Å². The molecule has 24 heavy (non-hydrogen) atoms. The second-order valence-corrected chi connectivity index (χ2v) is 6.22. The average molecular weight is 329 g/mol. The van der Waals surface area contributed by atoms with Gasteiger partial charge in [-0.2, -0.15) is 0 Å². The van der Waals surface area contributed by atoms with Crippen LogP contribution < -0.4 is 0 Å². The van der Waals surface area contributed by atoms with Crippen molar-refractivity contribution in [2.45, 2.75) is 37.8 Å². The molecule has 0 radical (unpaired) electrons. The molecule has 1 saturated carbocycles. The van der Waals surface area contributed by atoms with E-state index in [4.69, 9.17) is 4.74 Å². The number of rotatable bonds is 2. The van der Waals surface area contributed by atoms with Gasteiger partial charge >= 0.3 is 0 Å². The van der Waals surface area contributed by atoms with E-state index in [9.17, 15) is 9.90 Å². The number of ether oxygens (including phenoxy) is 1. The number of hydrogen-bond acceptors (Lipinski definition) is 6. The Labute approximate surface area is 139 Å². The van der Waals surface area contributed by atoms with Gasteiger partial charge in [-0.05, 0) is 41.5 Å².